The molecular formula is C17H17BrN2O5S. The first kappa shape index (κ1) is 19.9. The number of methoxy groups -OCH3 is 1. The molecular weight excluding hydrogens is 424 g/mol. The average Bonchev–Trinajstić information content (AvgIpc) is 2.60. The maximum atomic E-state index is 12.2. The molecule has 0 bridgehead atoms. The highest BCUT2D eigenvalue weighted by Crippen LogP contribution is 2.20. The van der Waals surface area contributed by atoms with Gasteiger partial charge in [-0.15, -0.1) is 0 Å². The van der Waals surface area contributed by atoms with Crippen LogP contribution >= 0.6 is 15.9 Å². The second-order valence-corrected chi connectivity index (χ2v) is 7.73. The minimum absolute atomic E-state index is 0.0464. The fourth-order valence-electron chi connectivity index (χ4n) is 2.01. The number of rotatable bonds is 7. The average molecular weight is 441 g/mol. The van der Waals surface area contributed by atoms with Crippen LogP contribution in [0, 0.1) is 0 Å². The molecule has 0 aliphatic carbocycles. The summed E-state index contributed by atoms with van der Waals surface area (Å²) in [4.78, 5) is 13.2. The molecule has 2 aromatic carbocycles. The molecule has 0 saturated heterocycles. The van der Waals surface area contributed by atoms with Crippen LogP contribution in [0.25, 0.3) is 0 Å². The third-order valence-electron chi connectivity index (χ3n) is 3.25. The van der Waals surface area contributed by atoms with Gasteiger partial charge in [0, 0.05) is 17.0 Å². The van der Waals surface area contributed by atoms with Crippen molar-refractivity contribution in [1.29, 1.82) is 0 Å². The van der Waals surface area contributed by atoms with Crippen LogP contribution in [-0.2, 0) is 26.2 Å². The summed E-state index contributed by atoms with van der Waals surface area (Å²) in [6, 6.07) is 11.3. The van der Waals surface area contributed by atoms with Gasteiger partial charge in [0.15, 0.2) is 0 Å². The van der Waals surface area contributed by atoms with E-state index in [1.807, 2.05) is 0 Å². The molecule has 0 atom stereocenters. The summed E-state index contributed by atoms with van der Waals surface area (Å²) >= 11 is 3.25. The molecule has 0 unspecified atom stereocenters. The highest BCUT2D eigenvalue weighted by molar-refractivity contribution is 9.10. The lowest BCUT2D eigenvalue weighted by atomic mass is 10.1. The lowest BCUT2D eigenvalue weighted by Gasteiger charge is -2.09. The smallest absolute Gasteiger partial charge is 0.302 e. The van der Waals surface area contributed by atoms with E-state index in [2.05, 4.69) is 25.9 Å². The number of hydrazone groups is 1. The Balaban J connectivity index is 2.13. The molecule has 0 fully saturated rings. The van der Waals surface area contributed by atoms with Crippen molar-refractivity contribution in [2.75, 3.05) is 7.11 Å². The van der Waals surface area contributed by atoms with Gasteiger partial charge in [-0.25, -0.2) is 4.83 Å². The van der Waals surface area contributed by atoms with Crippen LogP contribution in [0.15, 0.2) is 56.9 Å². The topological polar surface area (TPSA) is 94.1 Å². The second-order valence-electron chi connectivity index (χ2n) is 5.16. The van der Waals surface area contributed by atoms with Crippen molar-refractivity contribution in [3.63, 3.8) is 0 Å². The molecule has 2 rings (SSSR count). The predicted molar refractivity (Wildman–Crippen MR) is 101 cm³/mol. The molecule has 26 heavy (non-hydrogen) atoms. The number of hydrogen-bond donors (Lipinski definition) is 1. The third-order valence-corrected chi connectivity index (χ3v) is 5.01. The standard InChI is InChI=1S/C17H17BrN2O5S/c1-12(21)25-11-14-9-13(3-8-17(14)24-2)10-19-20-26(22,23)16-6-4-15(18)5-7-16/h3-10,20H,11H2,1-2H3. The monoisotopic (exact) mass is 440 g/mol. The second kappa shape index (κ2) is 8.81. The summed E-state index contributed by atoms with van der Waals surface area (Å²) in [5, 5.41) is 3.78. The number of carbonyl (C=O) groups excluding carboxylic acids is 1. The summed E-state index contributed by atoms with van der Waals surface area (Å²) in [6.45, 7) is 1.36. The number of esters is 1. The fourth-order valence-corrected chi connectivity index (χ4v) is 3.06. The van der Waals surface area contributed by atoms with Gasteiger partial charge >= 0.3 is 5.97 Å². The number of hydrogen-bond acceptors (Lipinski definition) is 6. The molecule has 0 spiro atoms. The van der Waals surface area contributed by atoms with Gasteiger partial charge in [0.1, 0.15) is 12.4 Å². The molecule has 0 aliphatic rings. The minimum atomic E-state index is -3.75. The number of halogens is 1. The normalized spacial score (nSPS) is 11.3. The van der Waals surface area contributed by atoms with Crippen LogP contribution in [0.1, 0.15) is 18.1 Å². The number of nitrogens with one attached hydrogen (secondary N) is 1. The summed E-state index contributed by atoms with van der Waals surface area (Å²) in [6.07, 6.45) is 1.35. The Bertz CT molecular complexity index is 911. The molecule has 0 aromatic heterocycles. The Hall–Kier alpha value is -2.39. The van der Waals surface area contributed by atoms with E-state index in [0.717, 1.165) is 4.47 Å². The maximum Gasteiger partial charge on any atom is 0.302 e. The zero-order valence-corrected chi connectivity index (χ0v) is 16.5. The first-order valence-corrected chi connectivity index (χ1v) is 9.70. The Kier molecular flexibility index (Phi) is 6.76. The van der Waals surface area contributed by atoms with Crippen molar-refractivity contribution in [3.05, 3.63) is 58.1 Å². The summed E-state index contributed by atoms with van der Waals surface area (Å²) in [7, 11) is -2.25. The number of carbonyl (C=O) groups is 1. The molecule has 1 N–H and O–H groups in total. The quantitative estimate of drug-likeness (QED) is 0.405. The zero-order chi connectivity index (χ0) is 19.2. The van der Waals surface area contributed by atoms with Gasteiger partial charge in [-0.3, -0.25) is 4.79 Å². The van der Waals surface area contributed by atoms with Crippen molar-refractivity contribution in [3.8, 4) is 5.75 Å². The minimum Gasteiger partial charge on any atom is -0.496 e. The molecule has 0 radical (unpaired) electrons. The molecule has 9 heteroatoms. The van der Waals surface area contributed by atoms with E-state index in [1.54, 1.807) is 30.3 Å². The molecule has 7 nitrogen and oxygen atoms in total. The molecule has 2 aromatic rings. The molecule has 0 saturated carbocycles. The largest absolute Gasteiger partial charge is 0.496 e. The molecule has 0 aliphatic heterocycles. The van der Waals surface area contributed by atoms with Crippen LogP contribution in [0.4, 0.5) is 0 Å². The summed E-state index contributed by atoms with van der Waals surface area (Å²) < 4.78 is 35.3. The van der Waals surface area contributed by atoms with Crippen LogP contribution in [0.3, 0.4) is 0 Å². The van der Waals surface area contributed by atoms with Crippen molar-refractivity contribution >= 4 is 38.1 Å². The molecule has 0 heterocycles. The van der Waals surface area contributed by atoms with Crippen molar-refractivity contribution in [1.82, 2.24) is 4.83 Å². The van der Waals surface area contributed by atoms with Gasteiger partial charge in [-0.2, -0.15) is 13.5 Å². The highest BCUT2D eigenvalue weighted by Gasteiger charge is 2.12. The predicted octanol–water partition coefficient (Wildman–Crippen LogP) is 2.83. The van der Waals surface area contributed by atoms with E-state index in [4.69, 9.17) is 9.47 Å². The van der Waals surface area contributed by atoms with E-state index < -0.39 is 16.0 Å². The lowest BCUT2D eigenvalue weighted by Crippen LogP contribution is -2.18. The van der Waals surface area contributed by atoms with E-state index in [9.17, 15) is 13.2 Å². The van der Waals surface area contributed by atoms with Gasteiger partial charge in [-0.1, -0.05) is 15.9 Å². The van der Waals surface area contributed by atoms with Gasteiger partial charge in [0.25, 0.3) is 10.0 Å². The van der Waals surface area contributed by atoms with Crippen molar-refractivity contribution < 1.29 is 22.7 Å². The van der Waals surface area contributed by atoms with Crippen LogP contribution in [-0.4, -0.2) is 27.7 Å². The third kappa shape index (κ3) is 5.57. The number of benzene rings is 2. The Morgan fingerprint density at radius 1 is 1.23 bits per heavy atom. The SMILES string of the molecule is COc1ccc(C=NNS(=O)(=O)c2ccc(Br)cc2)cc1COC(C)=O. The van der Waals surface area contributed by atoms with Crippen LogP contribution < -0.4 is 9.57 Å². The molecule has 138 valence electrons. The number of sulfonamides is 1. The van der Waals surface area contributed by atoms with Crippen LogP contribution in [0.2, 0.25) is 0 Å². The maximum absolute atomic E-state index is 12.2. The number of nitrogens with zero attached hydrogens (tertiary/aromatic N) is 1. The highest BCUT2D eigenvalue weighted by atomic mass is 79.9. The van der Waals surface area contributed by atoms with E-state index in [-0.39, 0.29) is 11.5 Å². The van der Waals surface area contributed by atoms with Crippen molar-refractivity contribution in [2.24, 2.45) is 5.10 Å². The van der Waals surface area contributed by atoms with E-state index >= 15 is 0 Å². The molecule has 0 amide bonds. The number of ether oxygens (including phenoxy) is 2. The zero-order valence-electron chi connectivity index (χ0n) is 14.1. The summed E-state index contributed by atoms with van der Waals surface area (Å²) in [5.74, 6) is 0.146. The Morgan fingerprint density at radius 2 is 1.92 bits per heavy atom. The Morgan fingerprint density at radius 3 is 2.54 bits per heavy atom. The van der Waals surface area contributed by atoms with Gasteiger partial charge < -0.3 is 9.47 Å². The van der Waals surface area contributed by atoms with E-state index in [0.29, 0.717) is 16.9 Å². The van der Waals surface area contributed by atoms with Gasteiger partial charge in [0.2, 0.25) is 0 Å². The van der Waals surface area contributed by atoms with Gasteiger partial charge in [0.05, 0.1) is 18.2 Å². The first-order chi connectivity index (χ1) is 12.3. The fraction of sp³-hybridized carbons (Fsp3) is 0.176. The van der Waals surface area contributed by atoms with Crippen molar-refractivity contribution in [2.45, 2.75) is 18.4 Å². The summed E-state index contributed by atoms with van der Waals surface area (Å²) in [5.41, 5.74) is 1.26. The first-order valence-electron chi connectivity index (χ1n) is 7.42. The lowest BCUT2D eigenvalue weighted by molar-refractivity contribution is -0.142. The van der Waals surface area contributed by atoms with E-state index in [1.165, 1.54) is 32.4 Å². The Labute approximate surface area is 160 Å². The van der Waals surface area contributed by atoms with Gasteiger partial charge in [-0.05, 0) is 48.0 Å². The van der Waals surface area contributed by atoms with Crippen LogP contribution in [0.5, 0.6) is 5.75 Å².